The molecular weight excluding hydrogens is 222 g/mol. The highest BCUT2D eigenvalue weighted by atomic mass is 16.1. The van der Waals surface area contributed by atoms with Gasteiger partial charge in [-0.05, 0) is 25.5 Å². The van der Waals surface area contributed by atoms with Crippen LogP contribution in [-0.4, -0.2) is 24.8 Å². The van der Waals surface area contributed by atoms with Crippen LogP contribution in [0.5, 0.6) is 0 Å². The molecular formula is C16H23NO. The summed E-state index contributed by atoms with van der Waals surface area (Å²) in [6.07, 6.45) is 7.05. The second-order valence-electron chi connectivity index (χ2n) is 5.70. The zero-order chi connectivity index (χ0) is 12.8. The van der Waals surface area contributed by atoms with Crippen LogP contribution in [0.2, 0.25) is 0 Å². The van der Waals surface area contributed by atoms with Gasteiger partial charge in [-0.25, -0.2) is 0 Å². The van der Waals surface area contributed by atoms with Gasteiger partial charge in [0.25, 0.3) is 0 Å². The molecule has 1 aromatic rings. The molecule has 0 heterocycles. The van der Waals surface area contributed by atoms with Gasteiger partial charge in [0.2, 0.25) is 0 Å². The van der Waals surface area contributed by atoms with Crippen LogP contribution in [-0.2, 0) is 11.3 Å². The Kier molecular flexibility index (Phi) is 4.54. The summed E-state index contributed by atoms with van der Waals surface area (Å²) in [6, 6.07) is 10.5. The fourth-order valence-electron chi connectivity index (χ4n) is 3.06. The first-order chi connectivity index (χ1) is 8.74. The molecule has 0 atom stereocenters. The molecule has 1 aliphatic carbocycles. The van der Waals surface area contributed by atoms with Crippen molar-refractivity contribution in [2.24, 2.45) is 5.41 Å². The van der Waals surface area contributed by atoms with Gasteiger partial charge in [-0.3, -0.25) is 0 Å². The Morgan fingerprint density at radius 2 is 1.83 bits per heavy atom. The molecule has 2 nitrogen and oxygen atoms in total. The molecule has 0 amide bonds. The summed E-state index contributed by atoms with van der Waals surface area (Å²) in [5.41, 5.74) is 1.23. The molecule has 0 spiro atoms. The van der Waals surface area contributed by atoms with E-state index in [2.05, 4.69) is 36.2 Å². The summed E-state index contributed by atoms with van der Waals surface area (Å²) in [4.78, 5) is 13.7. The Bertz CT molecular complexity index is 368. The first kappa shape index (κ1) is 13.3. The average Bonchev–Trinajstić information content (AvgIpc) is 2.41. The fraction of sp³-hybridized carbons (Fsp3) is 0.562. The third kappa shape index (κ3) is 3.42. The number of nitrogens with zero attached hydrogens (tertiary/aromatic N) is 1. The maximum absolute atomic E-state index is 11.4. The summed E-state index contributed by atoms with van der Waals surface area (Å²) < 4.78 is 0. The molecule has 98 valence electrons. The minimum Gasteiger partial charge on any atom is -0.303 e. The summed E-state index contributed by atoms with van der Waals surface area (Å²) >= 11 is 0. The molecule has 0 radical (unpaired) electrons. The minimum absolute atomic E-state index is 0.0816. The number of hydrogen-bond acceptors (Lipinski definition) is 2. The minimum atomic E-state index is -0.0816. The molecule has 0 N–H and O–H groups in total. The Balaban J connectivity index is 1.93. The van der Waals surface area contributed by atoms with Gasteiger partial charge in [0.05, 0.1) is 0 Å². The maximum atomic E-state index is 11.4. The van der Waals surface area contributed by atoms with E-state index < -0.39 is 0 Å². The predicted molar refractivity (Wildman–Crippen MR) is 74.4 cm³/mol. The highest BCUT2D eigenvalue weighted by molar-refractivity contribution is 5.60. The fourth-order valence-corrected chi connectivity index (χ4v) is 3.06. The van der Waals surface area contributed by atoms with Crippen LogP contribution in [0.15, 0.2) is 30.3 Å². The number of rotatable bonds is 5. The molecule has 2 heteroatoms. The van der Waals surface area contributed by atoms with E-state index in [1.807, 2.05) is 6.07 Å². The summed E-state index contributed by atoms with van der Waals surface area (Å²) in [6.45, 7) is 1.82. The molecule has 1 aromatic carbocycles. The molecule has 0 aliphatic heterocycles. The van der Waals surface area contributed by atoms with Crippen molar-refractivity contribution in [1.82, 2.24) is 4.90 Å². The maximum Gasteiger partial charge on any atom is 0.127 e. The van der Waals surface area contributed by atoms with Crippen molar-refractivity contribution in [1.29, 1.82) is 0 Å². The van der Waals surface area contributed by atoms with Crippen LogP contribution in [0.4, 0.5) is 0 Å². The molecule has 0 saturated heterocycles. The first-order valence-electron chi connectivity index (χ1n) is 6.93. The van der Waals surface area contributed by atoms with Crippen molar-refractivity contribution in [3.05, 3.63) is 35.9 Å². The molecule has 0 aromatic heterocycles. The lowest BCUT2D eigenvalue weighted by atomic mass is 9.75. The highest BCUT2D eigenvalue weighted by Crippen LogP contribution is 2.35. The molecule has 2 rings (SSSR count). The Labute approximate surface area is 110 Å². The van der Waals surface area contributed by atoms with Gasteiger partial charge in [0, 0.05) is 18.5 Å². The third-order valence-corrected chi connectivity index (χ3v) is 3.98. The predicted octanol–water partition coefficient (Wildman–Crippen LogP) is 3.27. The van der Waals surface area contributed by atoms with E-state index in [1.54, 1.807) is 0 Å². The van der Waals surface area contributed by atoms with Crippen LogP contribution in [0.3, 0.4) is 0 Å². The van der Waals surface area contributed by atoms with Gasteiger partial charge in [0.15, 0.2) is 0 Å². The third-order valence-electron chi connectivity index (χ3n) is 3.98. The van der Waals surface area contributed by atoms with E-state index in [4.69, 9.17) is 0 Å². The van der Waals surface area contributed by atoms with Crippen LogP contribution in [0, 0.1) is 5.41 Å². The van der Waals surface area contributed by atoms with E-state index in [9.17, 15) is 4.79 Å². The van der Waals surface area contributed by atoms with Gasteiger partial charge < -0.3 is 9.69 Å². The highest BCUT2D eigenvalue weighted by Gasteiger charge is 2.32. The SMILES string of the molecule is CN(Cc1ccccc1)CC1(C=O)CCCCC1. The van der Waals surface area contributed by atoms with Gasteiger partial charge in [-0.2, -0.15) is 0 Å². The van der Waals surface area contributed by atoms with Crippen LogP contribution in [0.25, 0.3) is 0 Å². The molecule has 0 unspecified atom stereocenters. The quantitative estimate of drug-likeness (QED) is 0.742. The van der Waals surface area contributed by atoms with Crippen molar-refractivity contribution in [2.45, 2.75) is 38.6 Å². The topological polar surface area (TPSA) is 20.3 Å². The van der Waals surface area contributed by atoms with E-state index >= 15 is 0 Å². The van der Waals surface area contributed by atoms with Crippen molar-refractivity contribution >= 4 is 6.29 Å². The van der Waals surface area contributed by atoms with Gasteiger partial charge in [-0.15, -0.1) is 0 Å². The van der Waals surface area contributed by atoms with Crippen molar-refractivity contribution in [3.8, 4) is 0 Å². The van der Waals surface area contributed by atoms with Gasteiger partial charge in [-0.1, -0.05) is 49.6 Å². The Morgan fingerprint density at radius 3 is 2.44 bits per heavy atom. The van der Waals surface area contributed by atoms with E-state index in [0.29, 0.717) is 0 Å². The number of hydrogen-bond donors (Lipinski definition) is 0. The molecule has 18 heavy (non-hydrogen) atoms. The number of benzene rings is 1. The Hall–Kier alpha value is -1.15. The Morgan fingerprint density at radius 1 is 1.17 bits per heavy atom. The lowest BCUT2D eigenvalue weighted by Gasteiger charge is -2.35. The summed E-state index contributed by atoms with van der Waals surface area (Å²) in [5.74, 6) is 0. The lowest BCUT2D eigenvalue weighted by molar-refractivity contribution is -0.119. The van der Waals surface area contributed by atoms with Crippen molar-refractivity contribution in [3.63, 3.8) is 0 Å². The zero-order valence-electron chi connectivity index (χ0n) is 11.3. The van der Waals surface area contributed by atoms with Crippen molar-refractivity contribution < 1.29 is 4.79 Å². The number of aldehydes is 1. The van der Waals surface area contributed by atoms with E-state index in [0.717, 1.165) is 25.9 Å². The smallest absolute Gasteiger partial charge is 0.127 e. The molecule has 1 aliphatic rings. The number of carbonyl (C=O) groups is 1. The normalized spacial score (nSPS) is 18.8. The van der Waals surface area contributed by atoms with Crippen LogP contribution < -0.4 is 0 Å². The molecule has 1 fully saturated rings. The number of carbonyl (C=O) groups excluding carboxylic acids is 1. The van der Waals surface area contributed by atoms with Gasteiger partial charge in [0.1, 0.15) is 6.29 Å². The molecule has 0 bridgehead atoms. The van der Waals surface area contributed by atoms with Crippen LogP contribution >= 0.6 is 0 Å². The summed E-state index contributed by atoms with van der Waals surface area (Å²) in [7, 11) is 2.12. The first-order valence-corrected chi connectivity index (χ1v) is 6.93. The lowest BCUT2D eigenvalue weighted by Crippen LogP contribution is -2.38. The van der Waals surface area contributed by atoms with E-state index in [-0.39, 0.29) is 5.41 Å². The molecule has 1 saturated carbocycles. The largest absolute Gasteiger partial charge is 0.303 e. The zero-order valence-corrected chi connectivity index (χ0v) is 11.3. The summed E-state index contributed by atoms with van der Waals surface area (Å²) in [5, 5.41) is 0. The monoisotopic (exact) mass is 245 g/mol. The second-order valence-corrected chi connectivity index (χ2v) is 5.70. The standard InChI is InChI=1S/C16H23NO/c1-17(12-15-8-4-2-5-9-15)13-16(14-18)10-6-3-7-11-16/h2,4-5,8-9,14H,3,6-7,10-13H2,1H3. The van der Waals surface area contributed by atoms with Crippen molar-refractivity contribution in [2.75, 3.05) is 13.6 Å². The average molecular weight is 245 g/mol. The van der Waals surface area contributed by atoms with E-state index in [1.165, 1.54) is 31.1 Å². The van der Waals surface area contributed by atoms with Crippen LogP contribution in [0.1, 0.15) is 37.7 Å². The van der Waals surface area contributed by atoms with Gasteiger partial charge >= 0.3 is 0 Å². The second kappa shape index (κ2) is 6.14.